The standard InChI is InChI=1S/C17H21N3O/c1-21-16-12-18-17(19-13-16)20-9-7-15(8-10-20)11-14-5-3-2-4-6-14/h2-6,12-13,15H,7-11H2,1H3. The molecule has 1 saturated heterocycles. The van der Waals surface area contributed by atoms with Gasteiger partial charge in [0.05, 0.1) is 19.5 Å². The first-order chi connectivity index (χ1) is 10.3. The largest absolute Gasteiger partial charge is 0.494 e. The van der Waals surface area contributed by atoms with E-state index in [0.29, 0.717) is 5.75 Å². The maximum Gasteiger partial charge on any atom is 0.225 e. The first kappa shape index (κ1) is 13.9. The van der Waals surface area contributed by atoms with E-state index in [1.807, 2.05) is 0 Å². The molecule has 21 heavy (non-hydrogen) atoms. The van der Waals surface area contributed by atoms with E-state index < -0.39 is 0 Å². The highest BCUT2D eigenvalue weighted by Crippen LogP contribution is 2.24. The van der Waals surface area contributed by atoms with Crippen molar-refractivity contribution in [1.82, 2.24) is 9.97 Å². The number of hydrogen-bond donors (Lipinski definition) is 0. The van der Waals surface area contributed by atoms with Crippen LogP contribution in [0.25, 0.3) is 0 Å². The Labute approximate surface area is 125 Å². The third-order valence-corrected chi connectivity index (χ3v) is 4.11. The summed E-state index contributed by atoms with van der Waals surface area (Å²) in [6.45, 7) is 2.06. The average Bonchev–Trinajstić information content (AvgIpc) is 2.57. The number of hydrogen-bond acceptors (Lipinski definition) is 4. The van der Waals surface area contributed by atoms with Crippen LogP contribution in [0.2, 0.25) is 0 Å². The van der Waals surface area contributed by atoms with Crippen LogP contribution in [0.1, 0.15) is 18.4 Å². The van der Waals surface area contributed by atoms with Gasteiger partial charge in [-0.25, -0.2) is 9.97 Å². The number of nitrogens with zero attached hydrogens (tertiary/aromatic N) is 3. The minimum absolute atomic E-state index is 0.706. The van der Waals surface area contributed by atoms with Gasteiger partial charge in [0, 0.05) is 13.1 Å². The first-order valence-electron chi connectivity index (χ1n) is 7.50. The van der Waals surface area contributed by atoms with Gasteiger partial charge >= 0.3 is 0 Å². The molecule has 0 atom stereocenters. The molecule has 110 valence electrons. The Balaban J connectivity index is 1.54. The van der Waals surface area contributed by atoms with Gasteiger partial charge < -0.3 is 9.64 Å². The molecule has 0 saturated carbocycles. The van der Waals surface area contributed by atoms with Crippen molar-refractivity contribution in [3.05, 3.63) is 48.3 Å². The van der Waals surface area contributed by atoms with Crippen molar-refractivity contribution in [2.45, 2.75) is 19.3 Å². The van der Waals surface area contributed by atoms with Gasteiger partial charge in [-0.15, -0.1) is 0 Å². The maximum absolute atomic E-state index is 5.10. The van der Waals surface area contributed by atoms with Gasteiger partial charge in [0.15, 0.2) is 5.75 Å². The molecule has 1 aliphatic rings. The lowest BCUT2D eigenvalue weighted by Gasteiger charge is -2.32. The monoisotopic (exact) mass is 283 g/mol. The smallest absolute Gasteiger partial charge is 0.225 e. The van der Waals surface area contributed by atoms with Gasteiger partial charge in [-0.2, -0.15) is 0 Å². The zero-order valence-corrected chi connectivity index (χ0v) is 12.4. The summed E-state index contributed by atoms with van der Waals surface area (Å²) < 4.78 is 5.10. The summed E-state index contributed by atoms with van der Waals surface area (Å²) in [6.07, 6.45) is 7.05. The number of anilines is 1. The normalized spacial score (nSPS) is 16.0. The molecule has 1 aliphatic heterocycles. The van der Waals surface area contributed by atoms with Gasteiger partial charge in [-0.05, 0) is 30.7 Å². The Bertz CT molecular complexity index is 548. The number of ether oxygens (including phenoxy) is 1. The molecule has 0 radical (unpaired) electrons. The highest BCUT2D eigenvalue weighted by molar-refractivity contribution is 5.32. The first-order valence-corrected chi connectivity index (χ1v) is 7.50. The van der Waals surface area contributed by atoms with E-state index in [1.165, 1.54) is 24.8 Å². The molecule has 0 N–H and O–H groups in total. The molecule has 4 heteroatoms. The van der Waals surface area contributed by atoms with Gasteiger partial charge in [-0.3, -0.25) is 0 Å². The van der Waals surface area contributed by atoms with E-state index >= 15 is 0 Å². The Morgan fingerprint density at radius 3 is 2.38 bits per heavy atom. The number of piperidine rings is 1. The average molecular weight is 283 g/mol. The molecule has 2 heterocycles. The van der Waals surface area contributed by atoms with E-state index in [-0.39, 0.29) is 0 Å². The van der Waals surface area contributed by atoms with E-state index in [4.69, 9.17) is 4.74 Å². The van der Waals surface area contributed by atoms with Crippen molar-refractivity contribution in [3.63, 3.8) is 0 Å². The van der Waals surface area contributed by atoms with Crippen molar-refractivity contribution in [2.75, 3.05) is 25.1 Å². The third kappa shape index (κ3) is 3.51. The molecular weight excluding hydrogens is 262 g/mol. The molecule has 1 aromatic heterocycles. The van der Waals surface area contributed by atoms with Crippen LogP contribution in [-0.4, -0.2) is 30.2 Å². The quantitative estimate of drug-likeness (QED) is 0.864. The second-order valence-electron chi connectivity index (χ2n) is 5.54. The van der Waals surface area contributed by atoms with E-state index in [2.05, 4.69) is 45.2 Å². The minimum atomic E-state index is 0.706. The molecule has 0 unspecified atom stereocenters. The summed E-state index contributed by atoms with van der Waals surface area (Å²) in [6, 6.07) is 10.8. The SMILES string of the molecule is COc1cnc(N2CCC(Cc3ccccc3)CC2)nc1. The van der Waals surface area contributed by atoms with Gasteiger partial charge in [0.25, 0.3) is 0 Å². The zero-order chi connectivity index (χ0) is 14.5. The fourth-order valence-corrected chi connectivity index (χ4v) is 2.86. The van der Waals surface area contributed by atoms with Crippen LogP contribution >= 0.6 is 0 Å². The summed E-state index contributed by atoms with van der Waals surface area (Å²) in [5.74, 6) is 2.29. The van der Waals surface area contributed by atoms with Gasteiger partial charge in [0.2, 0.25) is 5.95 Å². The lowest BCUT2D eigenvalue weighted by molar-refractivity contribution is 0.397. The van der Waals surface area contributed by atoms with Crippen molar-refractivity contribution < 1.29 is 4.74 Å². The molecule has 0 bridgehead atoms. The Hall–Kier alpha value is -2.10. The van der Waals surface area contributed by atoms with Crippen LogP contribution in [0.5, 0.6) is 5.75 Å². The van der Waals surface area contributed by atoms with Crippen LogP contribution in [0.4, 0.5) is 5.95 Å². The van der Waals surface area contributed by atoms with Crippen molar-refractivity contribution in [2.24, 2.45) is 5.92 Å². The van der Waals surface area contributed by atoms with Crippen LogP contribution in [0.15, 0.2) is 42.7 Å². The fraction of sp³-hybridized carbons (Fsp3) is 0.412. The lowest BCUT2D eigenvalue weighted by atomic mass is 9.90. The summed E-state index contributed by atoms with van der Waals surface area (Å²) in [5, 5.41) is 0. The van der Waals surface area contributed by atoms with Gasteiger partial charge in [-0.1, -0.05) is 30.3 Å². The molecule has 0 aliphatic carbocycles. The Kier molecular flexibility index (Phi) is 4.34. The molecule has 0 spiro atoms. The summed E-state index contributed by atoms with van der Waals surface area (Å²) >= 11 is 0. The second kappa shape index (κ2) is 6.57. The van der Waals surface area contributed by atoms with Crippen molar-refractivity contribution in [1.29, 1.82) is 0 Å². The molecule has 3 rings (SSSR count). The molecule has 1 aromatic carbocycles. The number of methoxy groups -OCH3 is 1. The lowest BCUT2D eigenvalue weighted by Crippen LogP contribution is -2.35. The Morgan fingerprint density at radius 1 is 1.10 bits per heavy atom. The molecule has 0 amide bonds. The number of aromatic nitrogens is 2. The zero-order valence-electron chi connectivity index (χ0n) is 12.4. The van der Waals surface area contributed by atoms with Crippen LogP contribution in [0, 0.1) is 5.92 Å². The fourth-order valence-electron chi connectivity index (χ4n) is 2.86. The van der Waals surface area contributed by atoms with Crippen LogP contribution in [0.3, 0.4) is 0 Å². The van der Waals surface area contributed by atoms with Gasteiger partial charge in [0.1, 0.15) is 0 Å². The van der Waals surface area contributed by atoms with E-state index in [9.17, 15) is 0 Å². The van der Waals surface area contributed by atoms with Crippen molar-refractivity contribution >= 4 is 5.95 Å². The summed E-state index contributed by atoms with van der Waals surface area (Å²) in [4.78, 5) is 11.0. The highest BCUT2D eigenvalue weighted by atomic mass is 16.5. The van der Waals surface area contributed by atoms with Crippen molar-refractivity contribution in [3.8, 4) is 5.75 Å². The highest BCUT2D eigenvalue weighted by Gasteiger charge is 2.21. The third-order valence-electron chi connectivity index (χ3n) is 4.11. The second-order valence-corrected chi connectivity index (χ2v) is 5.54. The minimum Gasteiger partial charge on any atom is -0.494 e. The Morgan fingerprint density at radius 2 is 1.76 bits per heavy atom. The molecule has 1 fully saturated rings. The van der Waals surface area contributed by atoms with E-state index in [0.717, 1.165) is 25.0 Å². The summed E-state index contributed by atoms with van der Waals surface area (Å²) in [7, 11) is 1.63. The summed E-state index contributed by atoms with van der Waals surface area (Å²) in [5.41, 5.74) is 1.44. The number of rotatable bonds is 4. The topological polar surface area (TPSA) is 38.2 Å². The molecular formula is C17H21N3O. The maximum atomic E-state index is 5.10. The molecule has 4 nitrogen and oxygen atoms in total. The predicted octanol–water partition coefficient (Wildman–Crippen LogP) is 2.94. The molecule has 2 aromatic rings. The van der Waals surface area contributed by atoms with Crippen LogP contribution in [-0.2, 0) is 6.42 Å². The van der Waals surface area contributed by atoms with Crippen LogP contribution < -0.4 is 9.64 Å². The van der Waals surface area contributed by atoms with E-state index in [1.54, 1.807) is 19.5 Å². The number of benzene rings is 1. The predicted molar refractivity (Wildman–Crippen MR) is 83.7 cm³/mol.